The first kappa shape index (κ1) is 19.2. The molecule has 0 amide bonds. The van der Waals surface area contributed by atoms with Crippen LogP contribution in [0.2, 0.25) is 0 Å². The van der Waals surface area contributed by atoms with Gasteiger partial charge in [-0.2, -0.15) is 0 Å². The van der Waals surface area contributed by atoms with Crippen molar-refractivity contribution in [2.24, 2.45) is 5.92 Å². The Morgan fingerprint density at radius 3 is 2.25 bits per heavy atom. The molecule has 0 aliphatic heterocycles. The van der Waals surface area contributed by atoms with Crippen LogP contribution < -0.4 is 4.74 Å². The smallest absolute Gasteiger partial charge is 0.160 e. The maximum absolute atomic E-state index is 10.9. The van der Waals surface area contributed by atoms with Gasteiger partial charge in [-0.1, -0.05) is 84.9 Å². The zero-order chi connectivity index (χ0) is 21.7. The van der Waals surface area contributed by atoms with E-state index in [1.165, 1.54) is 33.4 Å². The summed E-state index contributed by atoms with van der Waals surface area (Å²) in [6.45, 7) is 0. The summed E-state index contributed by atoms with van der Waals surface area (Å²) >= 11 is 0. The molecular formula is C30H26O2. The molecule has 4 aromatic rings. The second-order valence-corrected chi connectivity index (χ2v) is 8.98. The van der Waals surface area contributed by atoms with Gasteiger partial charge in [0, 0.05) is 11.3 Å². The molecule has 6 rings (SSSR count). The SMILES string of the molecule is COc1cc2c(cc1O)[C@@]1(c3ccccc3)c3ccccc3CC[C@H]1[C@@H]2c1ccccc1. The molecule has 3 atom stereocenters. The summed E-state index contributed by atoms with van der Waals surface area (Å²) < 4.78 is 5.57. The molecule has 0 saturated heterocycles. The predicted octanol–water partition coefficient (Wildman–Crippen LogP) is 6.44. The van der Waals surface area contributed by atoms with Crippen LogP contribution >= 0.6 is 0 Å². The summed E-state index contributed by atoms with van der Waals surface area (Å²) in [5.74, 6) is 1.33. The number of benzene rings is 4. The molecule has 2 nitrogen and oxygen atoms in total. The van der Waals surface area contributed by atoms with Gasteiger partial charge in [-0.05, 0) is 64.3 Å². The minimum atomic E-state index is -0.310. The number of hydrogen-bond acceptors (Lipinski definition) is 2. The Morgan fingerprint density at radius 1 is 0.812 bits per heavy atom. The van der Waals surface area contributed by atoms with Crippen molar-refractivity contribution >= 4 is 0 Å². The van der Waals surface area contributed by atoms with Crippen molar-refractivity contribution in [2.45, 2.75) is 24.2 Å². The van der Waals surface area contributed by atoms with Gasteiger partial charge >= 0.3 is 0 Å². The molecular weight excluding hydrogens is 392 g/mol. The fraction of sp³-hybridized carbons (Fsp3) is 0.200. The number of aryl methyl sites for hydroxylation is 1. The molecule has 0 fully saturated rings. The number of aromatic hydroxyl groups is 1. The van der Waals surface area contributed by atoms with E-state index in [1.807, 2.05) is 6.07 Å². The standard InChI is InChI=1S/C30H26O2/c1-32-28-18-23-26(19-27(28)31)30(22-13-6-3-7-14-22)24-15-9-8-10-20(24)16-17-25(30)29(23)21-11-4-2-5-12-21/h2-15,18-19,25,29,31H,16-17H2,1H3/t25-,29+,30-/m0/s1. The molecule has 0 heterocycles. The van der Waals surface area contributed by atoms with Crippen LogP contribution in [-0.2, 0) is 11.8 Å². The van der Waals surface area contributed by atoms with E-state index in [2.05, 4.69) is 91.0 Å². The highest BCUT2D eigenvalue weighted by atomic mass is 16.5. The third kappa shape index (κ3) is 2.53. The van der Waals surface area contributed by atoms with Gasteiger partial charge in [0.25, 0.3) is 0 Å². The molecule has 0 unspecified atom stereocenters. The second kappa shape index (κ2) is 7.27. The molecule has 0 aromatic heterocycles. The Kier molecular flexibility index (Phi) is 4.36. The number of phenols is 1. The quantitative estimate of drug-likeness (QED) is 0.415. The van der Waals surface area contributed by atoms with Gasteiger partial charge in [0.1, 0.15) is 0 Å². The molecule has 32 heavy (non-hydrogen) atoms. The Bertz CT molecular complexity index is 1280. The lowest BCUT2D eigenvalue weighted by Crippen LogP contribution is -2.40. The zero-order valence-corrected chi connectivity index (χ0v) is 18.2. The van der Waals surface area contributed by atoms with E-state index in [0.29, 0.717) is 11.7 Å². The molecule has 0 saturated carbocycles. The van der Waals surface area contributed by atoms with E-state index in [4.69, 9.17) is 4.74 Å². The van der Waals surface area contributed by atoms with Gasteiger partial charge in [-0.25, -0.2) is 0 Å². The van der Waals surface area contributed by atoms with Crippen molar-refractivity contribution in [1.82, 2.24) is 0 Å². The number of phenolic OH excluding ortho intramolecular Hbond substituents is 1. The maximum atomic E-state index is 10.9. The van der Waals surface area contributed by atoms with Gasteiger partial charge in [-0.15, -0.1) is 0 Å². The van der Waals surface area contributed by atoms with Crippen molar-refractivity contribution in [2.75, 3.05) is 7.11 Å². The van der Waals surface area contributed by atoms with E-state index in [1.54, 1.807) is 7.11 Å². The van der Waals surface area contributed by atoms with Crippen molar-refractivity contribution in [3.63, 3.8) is 0 Å². The van der Waals surface area contributed by atoms with Crippen molar-refractivity contribution in [3.05, 3.63) is 130 Å². The largest absolute Gasteiger partial charge is 0.504 e. The molecule has 158 valence electrons. The third-order valence-electron chi connectivity index (χ3n) is 7.62. The number of fused-ring (bicyclic) bond motifs is 5. The average Bonchev–Trinajstić information content (AvgIpc) is 3.15. The van der Waals surface area contributed by atoms with Crippen LogP contribution in [0.1, 0.15) is 45.7 Å². The zero-order valence-electron chi connectivity index (χ0n) is 18.2. The maximum Gasteiger partial charge on any atom is 0.160 e. The lowest BCUT2D eigenvalue weighted by molar-refractivity contribution is 0.327. The van der Waals surface area contributed by atoms with E-state index < -0.39 is 0 Å². The molecule has 1 N–H and O–H groups in total. The Labute approximate surface area is 189 Å². The van der Waals surface area contributed by atoms with Gasteiger partial charge in [0.15, 0.2) is 11.5 Å². The monoisotopic (exact) mass is 418 g/mol. The first-order valence-electron chi connectivity index (χ1n) is 11.4. The number of rotatable bonds is 3. The summed E-state index contributed by atoms with van der Waals surface area (Å²) in [4.78, 5) is 0. The normalized spacial score (nSPS) is 23.2. The fourth-order valence-electron chi connectivity index (χ4n) is 6.47. The van der Waals surface area contributed by atoms with Crippen molar-refractivity contribution in [3.8, 4) is 11.5 Å². The summed E-state index contributed by atoms with van der Waals surface area (Å²) in [5.41, 5.74) is 7.54. The summed E-state index contributed by atoms with van der Waals surface area (Å²) in [6.07, 6.45) is 2.15. The minimum Gasteiger partial charge on any atom is -0.504 e. The van der Waals surface area contributed by atoms with Gasteiger partial charge in [-0.3, -0.25) is 0 Å². The highest BCUT2D eigenvalue weighted by molar-refractivity contribution is 5.67. The molecule has 0 radical (unpaired) electrons. The highest BCUT2D eigenvalue weighted by Gasteiger charge is 2.56. The van der Waals surface area contributed by atoms with E-state index in [-0.39, 0.29) is 17.1 Å². The molecule has 4 aromatic carbocycles. The van der Waals surface area contributed by atoms with E-state index in [0.717, 1.165) is 12.8 Å². The number of hydrogen-bond donors (Lipinski definition) is 1. The summed E-state index contributed by atoms with van der Waals surface area (Å²) in [7, 11) is 1.63. The third-order valence-corrected chi connectivity index (χ3v) is 7.62. The fourth-order valence-corrected chi connectivity index (χ4v) is 6.47. The topological polar surface area (TPSA) is 29.5 Å². The van der Waals surface area contributed by atoms with Crippen LogP contribution in [-0.4, -0.2) is 12.2 Å². The number of methoxy groups -OCH3 is 1. The van der Waals surface area contributed by atoms with Gasteiger partial charge < -0.3 is 9.84 Å². The lowest BCUT2D eigenvalue weighted by Gasteiger charge is -2.44. The van der Waals surface area contributed by atoms with E-state index in [9.17, 15) is 5.11 Å². The summed E-state index contributed by atoms with van der Waals surface area (Å²) in [5, 5.41) is 10.9. The second-order valence-electron chi connectivity index (χ2n) is 8.98. The van der Waals surface area contributed by atoms with E-state index >= 15 is 0 Å². The highest BCUT2D eigenvalue weighted by Crippen LogP contribution is 2.64. The van der Waals surface area contributed by atoms with Crippen LogP contribution in [0, 0.1) is 5.92 Å². The van der Waals surface area contributed by atoms with Crippen LogP contribution in [0.5, 0.6) is 11.5 Å². The molecule has 2 aliphatic rings. The Morgan fingerprint density at radius 2 is 1.50 bits per heavy atom. The molecule has 2 heteroatoms. The first-order chi connectivity index (χ1) is 15.7. The van der Waals surface area contributed by atoms with Crippen LogP contribution in [0.15, 0.2) is 97.1 Å². The number of ether oxygens (including phenoxy) is 1. The predicted molar refractivity (Wildman–Crippen MR) is 128 cm³/mol. The van der Waals surface area contributed by atoms with Crippen LogP contribution in [0.3, 0.4) is 0 Å². The molecule has 2 aliphatic carbocycles. The Balaban J connectivity index is 1.75. The van der Waals surface area contributed by atoms with Crippen molar-refractivity contribution in [1.29, 1.82) is 0 Å². The van der Waals surface area contributed by atoms with Crippen LogP contribution in [0.25, 0.3) is 0 Å². The average molecular weight is 419 g/mol. The molecule has 0 bridgehead atoms. The minimum absolute atomic E-state index is 0.206. The lowest BCUT2D eigenvalue weighted by atomic mass is 9.58. The van der Waals surface area contributed by atoms with Crippen LogP contribution in [0.4, 0.5) is 0 Å². The van der Waals surface area contributed by atoms with Crippen molar-refractivity contribution < 1.29 is 9.84 Å². The van der Waals surface area contributed by atoms with Gasteiger partial charge in [0.2, 0.25) is 0 Å². The first-order valence-corrected chi connectivity index (χ1v) is 11.4. The molecule has 0 spiro atoms. The Hall–Kier alpha value is -3.52. The summed E-state index contributed by atoms with van der Waals surface area (Å²) in [6, 6.07) is 34.6. The van der Waals surface area contributed by atoms with Gasteiger partial charge in [0.05, 0.1) is 7.11 Å².